The van der Waals surface area contributed by atoms with Crippen LogP contribution in [0.15, 0.2) is 54.7 Å². The zero-order chi connectivity index (χ0) is 19.5. The van der Waals surface area contributed by atoms with Gasteiger partial charge in [0.2, 0.25) is 5.91 Å². The molecule has 4 rings (SSSR count). The highest BCUT2D eigenvalue weighted by Gasteiger charge is 2.29. The van der Waals surface area contributed by atoms with Gasteiger partial charge in [-0.3, -0.25) is 9.59 Å². The maximum Gasteiger partial charge on any atom is 0.253 e. The second kappa shape index (κ2) is 7.76. The van der Waals surface area contributed by atoms with Crippen molar-refractivity contribution in [1.82, 2.24) is 9.88 Å². The number of hydrogen-bond acceptors (Lipinski definition) is 3. The number of carbonyl (C=O) groups is 2. The Hall–Kier alpha value is -3.28. The van der Waals surface area contributed by atoms with Gasteiger partial charge in [-0.2, -0.15) is 0 Å². The molecule has 6 heteroatoms. The van der Waals surface area contributed by atoms with Gasteiger partial charge in [-0.15, -0.1) is 0 Å². The number of fused-ring (bicyclic) bond motifs is 1. The fraction of sp³-hybridized carbons (Fsp3) is 0.273. The highest BCUT2D eigenvalue weighted by atomic mass is 16.5. The van der Waals surface area contributed by atoms with E-state index in [9.17, 15) is 9.59 Å². The third-order valence-corrected chi connectivity index (χ3v) is 5.22. The normalized spacial score (nSPS) is 16.8. The molecule has 0 saturated carbocycles. The summed E-state index contributed by atoms with van der Waals surface area (Å²) in [7, 11) is 1.59. The summed E-state index contributed by atoms with van der Waals surface area (Å²) < 4.78 is 5.20. The van der Waals surface area contributed by atoms with Crippen LogP contribution in [0.25, 0.3) is 10.9 Å². The van der Waals surface area contributed by atoms with Crippen molar-refractivity contribution >= 4 is 28.4 Å². The third-order valence-electron chi connectivity index (χ3n) is 5.22. The Bertz CT molecular complexity index is 1010. The van der Waals surface area contributed by atoms with Gasteiger partial charge in [0.1, 0.15) is 5.75 Å². The van der Waals surface area contributed by atoms with Gasteiger partial charge in [-0.1, -0.05) is 12.1 Å². The lowest BCUT2D eigenvalue weighted by Gasteiger charge is -2.32. The number of likely N-dealkylation sites (tertiary alicyclic amines) is 1. The second-order valence-corrected chi connectivity index (χ2v) is 7.09. The monoisotopic (exact) mass is 377 g/mol. The Labute approximate surface area is 163 Å². The fourth-order valence-corrected chi connectivity index (χ4v) is 3.68. The van der Waals surface area contributed by atoms with E-state index in [1.54, 1.807) is 18.1 Å². The molecule has 0 spiro atoms. The smallest absolute Gasteiger partial charge is 0.253 e. The number of methoxy groups -OCH3 is 1. The average molecular weight is 377 g/mol. The lowest BCUT2D eigenvalue weighted by atomic mass is 9.96. The Balaban J connectivity index is 1.44. The van der Waals surface area contributed by atoms with Gasteiger partial charge in [0.05, 0.1) is 13.0 Å². The van der Waals surface area contributed by atoms with E-state index in [0.717, 1.165) is 23.7 Å². The summed E-state index contributed by atoms with van der Waals surface area (Å²) in [6.07, 6.45) is 3.45. The first-order valence-electron chi connectivity index (χ1n) is 9.45. The molecule has 28 heavy (non-hydrogen) atoms. The molecule has 1 fully saturated rings. The number of piperidine rings is 1. The van der Waals surface area contributed by atoms with E-state index in [2.05, 4.69) is 10.3 Å². The van der Waals surface area contributed by atoms with Crippen LogP contribution in [-0.2, 0) is 4.79 Å². The molecular weight excluding hydrogens is 354 g/mol. The van der Waals surface area contributed by atoms with Gasteiger partial charge in [-0.05, 0) is 48.6 Å². The number of ether oxygens (including phenoxy) is 1. The Morgan fingerprint density at radius 3 is 2.93 bits per heavy atom. The zero-order valence-electron chi connectivity index (χ0n) is 15.8. The zero-order valence-corrected chi connectivity index (χ0v) is 15.8. The van der Waals surface area contributed by atoms with E-state index >= 15 is 0 Å². The number of aromatic amines is 1. The number of carbonyl (C=O) groups excluding carboxylic acids is 2. The number of anilines is 1. The van der Waals surface area contributed by atoms with Crippen LogP contribution in [0.3, 0.4) is 0 Å². The molecule has 1 atom stereocenters. The maximum absolute atomic E-state index is 12.9. The lowest BCUT2D eigenvalue weighted by Crippen LogP contribution is -2.43. The SMILES string of the molecule is COc1cccc(NC(=O)[C@H]2CCCN(C(=O)c3ccc4cc[nH]c4c3)C2)c1. The molecule has 144 valence electrons. The van der Waals surface area contributed by atoms with Crippen LogP contribution in [0, 0.1) is 5.92 Å². The average Bonchev–Trinajstić information content (AvgIpc) is 3.21. The molecule has 0 bridgehead atoms. The molecule has 2 aromatic carbocycles. The molecule has 3 aromatic rings. The molecule has 2 heterocycles. The summed E-state index contributed by atoms with van der Waals surface area (Å²) in [6, 6.07) is 14.9. The molecule has 2 amide bonds. The number of nitrogens with one attached hydrogen (secondary N) is 2. The highest BCUT2D eigenvalue weighted by Crippen LogP contribution is 2.23. The first kappa shape index (κ1) is 18.1. The van der Waals surface area contributed by atoms with Crippen molar-refractivity contribution in [3.05, 3.63) is 60.3 Å². The largest absolute Gasteiger partial charge is 0.497 e. The molecule has 0 unspecified atom stereocenters. The summed E-state index contributed by atoms with van der Waals surface area (Å²) in [5.74, 6) is 0.372. The molecule has 1 aromatic heterocycles. The predicted octanol–water partition coefficient (Wildman–Crippen LogP) is 3.67. The van der Waals surface area contributed by atoms with Gasteiger partial charge < -0.3 is 19.9 Å². The van der Waals surface area contributed by atoms with Crippen LogP contribution in [-0.4, -0.2) is 41.9 Å². The number of nitrogens with zero attached hydrogens (tertiary/aromatic N) is 1. The molecule has 6 nitrogen and oxygen atoms in total. The lowest BCUT2D eigenvalue weighted by molar-refractivity contribution is -0.121. The predicted molar refractivity (Wildman–Crippen MR) is 109 cm³/mol. The Kier molecular flexibility index (Phi) is 5.02. The maximum atomic E-state index is 12.9. The van der Waals surface area contributed by atoms with Gasteiger partial charge >= 0.3 is 0 Å². The summed E-state index contributed by atoms with van der Waals surface area (Å²) in [4.78, 5) is 30.6. The third kappa shape index (κ3) is 3.71. The number of hydrogen-bond donors (Lipinski definition) is 2. The van der Waals surface area contributed by atoms with E-state index in [0.29, 0.717) is 30.1 Å². The highest BCUT2D eigenvalue weighted by molar-refractivity contribution is 5.99. The van der Waals surface area contributed by atoms with E-state index in [-0.39, 0.29) is 17.7 Å². The van der Waals surface area contributed by atoms with Crippen molar-refractivity contribution in [2.24, 2.45) is 5.92 Å². The minimum atomic E-state index is -0.224. The molecule has 0 radical (unpaired) electrons. The van der Waals surface area contributed by atoms with Crippen molar-refractivity contribution in [2.45, 2.75) is 12.8 Å². The van der Waals surface area contributed by atoms with Crippen molar-refractivity contribution < 1.29 is 14.3 Å². The van der Waals surface area contributed by atoms with Crippen molar-refractivity contribution in [3.63, 3.8) is 0 Å². The van der Waals surface area contributed by atoms with Crippen LogP contribution in [0.4, 0.5) is 5.69 Å². The van der Waals surface area contributed by atoms with Gasteiger partial charge in [0, 0.05) is 42.1 Å². The standard InChI is InChI=1S/C22H23N3O3/c1-28-19-6-2-5-18(13-19)24-21(26)17-4-3-11-25(14-17)22(27)16-8-7-15-9-10-23-20(15)12-16/h2,5-10,12-13,17,23H,3-4,11,14H2,1H3,(H,24,26)/t17-/m0/s1. The number of amides is 2. The van der Waals surface area contributed by atoms with Crippen molar-refractivity contribution in [3.8, 4) is 5.75 Å². The second-order valence-electron chi connectivity index (χ2n) is 7.09. The number of H-pyrrole nitrogens is 1. The van der Waals surface area contributed by atoms with Crippen LogP contribution in [0.5, 0.6) is 5.75 Å². The topological polar surface area (TPSA) is 74.4 Å². The first-order valence-corrected chi connectivity index (χ1v) is 9.45. The minimum absolute atomic E-state index is 0.0321. The Morgan fingerprint density at radius 1 is 1.18 bits per heavy atom. The number of aromatic nitrogens is 1. The Morgan fingerprint density at radius 2 is 2.07 bits per heavy atom. The van der Waals surface area contributed by atoms with E-state index < -0.39 is 0 Å². The van der Waals surface area contributed by atoms with Crippen LogP contribution in [0.2, 0.25) is 0 Å². The quantitative estimate of drug-likeness (QED) is 0.729. The van der Waals surface area contributed by atoms with E-state index in [1.165, 1.54) is 0 Å². The van der Waals surface area contributed by atoms with Crippen LogP contribution >= 0.6 is 0 Å². The van der Waals surface area contributed by atoms with E-state index in [1.807, 2.05) is 48.7 Å². The summed E-state index contributed by atoms with van der Waals surface area (Å²) in [5.41, 5.74) is 2.28. The van der Waals surface area contributed by atoms with Crippen LogP contribution in [0.1, 0.15) is 23.2 Å². The number of benzene rings is 2. The fourth-order valence-electron chi connectivity index (χ4n) is 3.68. The van der Waals surface area contributed by atoms with Crippen LogP contribution < -0.4 is 10.1 Å². The van der Waals surface area contributed by atoms with E-state index in [4.69, 9.17) is 4.74 Å². The minimum Gasteiger partial charge on any atom is -0.497 e. The van der Waals surface area contributed by atoms with Gasteiger partial charge in [-0.25, -0.2) is 0 Å². The molecule has 1 aliphatic heterocycles. The van der Waals surface area contributed by atoms with Gasteiger partial charge in [0.25, 0.3) is 5.91 Å². The van der Waals surface area contributed by atoms with Crippen molar-refractivity contribution in [1.29, 1.82) is 0 Å². The van der Waals surface area contributed by atoms with Gasteiger partial charge in [0.15, 0.2) is 0 Å². The number of rotatable bonds is 4. The summed E-state index contributed by atoms with van der Waals surface area (Å²) in [6.45, 7) is 1.10. The molecule has 1 saturated heterocycles. The molecule has 1 aliphatic rings. The summed E-state index contributed by atoms with van der Waals surface area (Å²) >= 11 is 0. The van der Waals surface area contributed by atoms with Crippen molar-refractivity contribution in [2.75, 3.05) is 25.5 Å². The first-order chi connectivity index (χ1) is 13.6. The molecule has 2 N–H and O–H groups in total. The molecular formula is C22H23N3O3. The summed E-state index contributed by atoms with van der Waals surface area (Å²) in [5, 5.41) is 4.02. The molecule has 0 aliphatic carbocycles.